The van der Waals surface area contributed by atoms with Crippen LogP contribution in [-0.4, -0.2) is 30.1 Å². The Kier molecular flexibility index (Phi) is 4.60. The Labute approximate surface area is 120 Å². The zero-order valence-electron chi connectivity index (χ0n) is 12.4. The van der Waals surface area contributed by atoms with Crippen LogP contribution in [0.4, 0.5) is 11.4 Å². The van der Waals surface area contributed by atoms with Crippen molar-refractivity contribution < 1.29 is 4.92 Å². The van der Waals surface area contributed by atoms with Crippen molar-refractivity contribution in [2.45, 2.75) is 45.7 Å². The van der Waals surface area contributed by atoms with Crippen molar-refractivity contribution in [1.29, 1.82) is 0 Å². The third-order valence-electron chi connectivity index (χ3n) is 3.99. The highest BCUT2D eigenvalue weighted by atomic mass is 16.6. The first-order chi connectivity index (χ1) is 9.50. The molecule has 1 aliphatic heterocycles. The first-order valence-corrected chi connectivity index (χ1v) is 7.24. The zero-order valence-corrected chi connectivity index (χ0v) is 12.4. The molecule has 1 saturated heterocycles. The molecule has 1 atom stereocenters. The molecule has 0 aromatic heterocycles. The maximum absolute atomic E-state index is 11.1. The molecule has 0 saturated carbocycles. The summed E-state index contributed by atoms with van der Waals surface area (Å²) in [6, 6.07) is 6.13. The molecule has 0 radical (unpaired) electrons. The Hall–Kier alpha value is -1.62. The first kappa shape index (κ1) is 14.8. The number of anilines is 1. The lowest BCUT2D eigenvalue weighted by Crippen LogP contribution is -2.41. The molecule has 0 spiro atoms. The van der Waals surface area contributed by atoms with E-state index in [4.69, 9.17) is 0 Å². The molecule has 1 aromatic carbocycles. The van der Waals surface area contributed by atoms with Gasteiger partial charge in [-0.3, -0.25) is 10.1 Å². The number of nitrogens with zero attached hydrogens (tertiary/aromatic N) is 2. The fraction of sp³-hybridized carbons (Fsp3) is 0.600. The number of rotatable bonds is 5. The monoisotopic (exact) mass is 277 g/mol. The summed E-state index contributed by atoms with van der Waals surface area (Å²) < 4.78 is 0. The number of nitro groups is 1. The summed E-state index contributed by atoms with van der Waals surface area (Å²) in [6.07, 6.45) is 2.39. The van der Waals surface area contributed by atoms with Crippen LogP contribution in [0.2, 0.25) is 0 Å². The van der Waals surface area contributed by atoms with E-state index in [2.05, 4.69) is 24.1 Å². The van der Waals surface area contributed by atoms with Gasteiger partial charge in [0, 0.05) is 30.4 Å². The minimum absolute atomic E-state index is 0.201. The predicted molar refractivity (Wildman–Crippen MR) is 81.3 cm³/mol. The van der Waals surface area contributed by atoms with Crippen LogP contribution in [0.1, 0.15) is 32.3 Å². The van der Waals surface area contributed by atoms with Crippen molar-refractivity contribution >= 4 is 11.4 Å². The molecule has 5 heteroatoms. The number of nitrogens with one attached hydrogen (secondary N) is 1. The summed E-state index contributed by atoms with van der Waals surface area (Å²) in [7, 11) is 0. The van der Waals surface area contributed by atoms with E-state index in [0.29, 0.717) is 12.1 Å². The molecule has 2 rings (SSSR count). The molecule has 110 valence electrons. The van der Waals surface area contributed by atoms with Crippen LogP contribution in [0, 0.1) is 17.0 Å². The second-order valence-electron chi connectivity index (χ2n) is 5.72. The highest BCUT2D eigenvalue weighted by Gasteiger charge is 2.23. The average Bonchev–Trinajstić information content (AvgIpc) is 2.89. The van der Waals surface area contributed by atoms with Crippen molar-refractivity contribution in [2.24, 2.45) is 0 Å². The van der Waals surface area contributed by atoms with Crippen LogP contribution < -0.4 is 10.2 Å². The van der Waals surface area contributed by atoms with Crippen LogP contribution in [0.3, 0.4) is 0 Å². The Balaban J connectivity index is 2.29. The molecule has 20 heavy (non-hydrogen) atoms. The van der Waals surface area contributed by atoms with Crippen molar-refractivity contribution in [2.75, 3.05) is 18.0 Å². The van der Waals surface area contributed by atoms with Crippen molar-refractivity contribution in [3.05, 3.63) is 33.9 Å². The van der Waals surface area contributed by atoms with Crippen LogP contribution in [0.25, 0.3) is 0 Å². The third-order valence-corrected chi connectivity index (χ3v) is 3.99. The minimum Gasteiger partial charge on any atom is -0.367 e. The number of hydrogen-bond acceptors (Lipinski definition) is 4. The number of hydrogen-bond donors (Lipinski definition) is 1. The van der Waals surface area contributed by atoms with Crippen LogP contribution in [0.15, 0.2) is 18.2 Å². The second-order valence-corrected chi connectivity index (χ2v) is 5.72. The predicted octanol–water partition coefficient (Wildman–Crippen LogP) is 2.87. The van der Waals surface area contributed by atoms with Gasteiger partial charge in [0.05, 0.1) is 10.5 Å². The van der Waals surface area contributed by atoms with Gasteiger partial charge in [0.15, 0.2) is 0 Å². The van der Waals surface area contributed by atoms with Gasteiger partial charge in [-0.1, -0.05) is 6.07 Å². The first-order valence-electron chi connectivity index (χ1n) is 7.24. The van der Waals surface area contributed by atoms with Crippen molar-refractivity contribution in [1.82, 2.24) is 5.32 Å². The highest BCUT2D eigenvalue weighted by Crippen LogP contribution is 2.30. The van der Waals surface area contributed by atoms with Gasteiger partial charge < -0.3 is 10.2 Å². The SMILES string of the molecule is Cc1c(N(CC2CCCN2)C(C)C)cccc1[N+](=O)[O-]. The van der Waals surface area contributed by atoms with E-state index in [1.165, 1.54) is 12.8 Å². The molecule has 1 unspecified atom stereocenters. The molecular weight excluding hydrogens is 254 g/mol. The van der Waals surface area contributed by atoms with E-state index in [1.807, 2.05) is 13.0 Å². The Bertz CT molecular complexity index is 482. The second kappa shape index (κ2) is 6.22. The quantitative estimate of drug-likeness (QED) is 0.664. The maximum atomic E-state index is 11.1. The fourth-order valence-electron chi connectivity index (χ4n) is 2.86. The van der Waals surface area contributed by atoms with Gasteiger partial charge in [0.1, 0.15) is 0 Å². The molecule has 1 aliphatic rings. The smallest absolute Gasteiger partial charge is 0.274 e. The zero-order chi connectivity index (χ0) is 14.7. The standard InChI is InChI=1S/C15H23N3O2/c1-11(2)17(10-13-6-5-9-16-13)14-7-4-8-15(12(14)3)18(19)20/h4,7-8,11,13,16H,5-6,9-10H2,1-3H3. The van der Waals surface area contributed by atoms with Gasteiger partial charge in [0.25, 0.3) is 5.69 Å². The number of benzene rings is 1. The largest absolute Gasteiger partial charge is 0.367 e. The fourth-order valence-corrected chi connectivity index (χ4v) is 2.86. The lowest BCUT2D eigenvalue weighted by Gasteiger charge is -2.32. The topological polar surface area (TPSA) is 58.4 Å². The summed E-state index contributed by atoms with van der Waals surface area (Å²) in [6.45, 7) is 8.08. The summed E-state index contributed by atoms with van der Waals surface area (Å²) in [5.41, 5.74) is 1.93. The van der Waals surface area contributed by atoms with E-state index in [0.717, 1.165) is 24.3 Å². The molecule has 0 aliphatic carbocycles. The maximum Gasteiger partial charge on any atom is 0.274 e. The van der Waals surface area contributed by atoms with Crippen molar-refractivity contribution in [3.63, 3.8) is 0 Å². The van der Waals surface area contributed by atoms with Crippen LogP contribution in [-0.2, 0) is 0 Å². The molecule has 5 nitrogen and oxygen atoms in total. The molecule has 0 amide bonds. The van der Waals surface area contributed by atoms with Crippen LogP contribution in [0.5, 0.6) is 0 Å². The van der Waals surface area contributed by atoms with Crippen LogP contribution >= 0.6 is 0 Å². The Morgan fingerprint density at radius 1 is 1.50 bits per heavy atom. The Morgan fingerprint density at radius 3 is 2.80 bits per heavy atom. The summed E-state index contributed by atoms with van der Waals surface area (Å²) >= 11 is 0. The normalized spacial score (nSPS) is 18.5. The summed E-state index contributed by atoms with van der Waals surface area (Å²) in [4.78, 5) is 13.1. The van der Waals surface area contributed by atoms with Gasteiger partial charge in [-0.25, -0.2) is 0 Å². The molecule has 1 aromatic rings. The van der Waals surface area contributed by atoms with E-state index in [-0.39, 0.29) is 10.6 Å². The lowest BCUT2D eigenvalue weighted by molar-refractivity contribution is -0.385. The molecule has 1 heterocycles. The Morgan fingerprint density at radius 2 is 2.25 bits per heavy atom. The molecule has 1 fully saturated rings. The molecule has 1 N–H and O–H groups in total. The molecule has 0 bridgehead atoms. The van der Waals surface area contributed by atoms with E-state index >= 15 is 0 Å². The van der Waals surface area contributed by atoms with E-state index in [1.54, 1.807) is 12.1 Å². The van der Waals surface area contributed by atoms with Gasteiger partial charge in [-0.2, -0.15) is 0 Å². The highest BCUT2D eigenvalue weighted by molar-refractivity contribution is 5.62. The van der Waals surface area contributed by atoms with Gasteiger partial charge >= 0.3 is 0 Å². The summed E-state index contributed by atoms with van der Waals surface area (Å²) in [5, 5.41) is 14.6. The minimum atomic E-state index is -0.300. The third kappa shape index (κ3) is 3.10. The van der Waals surface area contributed by atoms with E-state index in [9.17, 15) is 10.1 Å². The van der Waals surface area contributed by atoms with Crippen molar-refractivity contribution in [3.8, 4) is 0 Å². The average molecular weight is 277 g/mol. The summed E-state index contributed by atoms with van der Waals surface area (Å²) in [5.74, 6) is 0. The van der Waals surface area contributed by atoms with E-state index < -0.39 is 0 Å². The molecular formula is C15H23N3O2. The van der Waals surface area contributed by atoms with Gasteiger partial charge in [0.2, 0.25) is 0 Å². The van der Waals surface area contributed by atoms with Gasteiger partial charge in [-0.15, -0.1) is 0 Å². The van der Waals surface area contributed by atoms with Gasteiger partial charge in [-0.05, 0) is 46.2 Å². The number of nitro benzene ring substituents is 1. The lowest BCUT2D eigenvalue weighted by atomic mass is 10.1.